The molecule has 3 aliphatic rings. The van der Waals surface area contributed by atoms with Crippen LogP contribution in [-0.4, -0.2) is 71.3 Å². The number of carbonyl (C=O) groups is 3. The molecule has 9 heteroatoms. The van der Waals surface area contributed by atoms with Gasteiger partial charge in [-0.05, 0) is 63.8 Å². The van der Waals surface area contributed by atoms with Crippen LogP contribution in [0.5, 0.6) is 5.75 Å². The average Bonchev–Trinajstić information content (AvgIpc) is 3.46. The molecule has 3 saturated heterocycles. The van der Waals surface area contributed by atoms with E-state index < -0.39 is 29.6 Å². The van der Waals surface area contributed by atoms with Crippen molar-refractivity contribution >= 4 is 23.4 Å². The fourth-order valence-corrected chi connectivity index (χ4v) is 6.09. The van der Waals surface area contributed by atoms with E-state index >= 15 is 0 Å². The van der Waals surface area contributed by atoms with Gasteiger partial charge in [-0.25, -0.2) is 0 Å². The zero-order valence-corrected chi connectivity index (χ0v) is 20.8. The first-order chi connectivity index (χ1) is 16.9. The molecule has 1 spiro atoms. The highest BCUT2D eigenvalue weighted by molar-refractivity contribution is 6.02. The molecule has 3 heterocycles. The molecular formula is C26H37N3O6. The van der Waals surface area contributed by atoms with Gasteiger partial charge in [-0.3, -0.25) is 14.4 Å². The maximum absolute atomic E-state index is 13.7. The van der Waals surface area contributed by atoms with Crippen LogP contribution >= 0.6 is 0 Å². The molecule has 3 fully saturated rings. The predicted molar refractivity (Wildman–Crippen MR) is 130 cm³/mol. The second kappa shape index (κ2) is 10.5. The number of likely N-dealkylation sites (tertiary alicyclic amines) is 1. The Kier molecular flexibility index (Phi) is 7.66. The summed E-state index contributed by atoms with van der Waals surface area (Å²) >= 11 is 0. The molecule has 0 saturated carbocycles. The number of rotatable bonds is 11. The van der Waals surface area contributed by atoms with Gasteiger partial charge in [-0.15, -0.1) is 0 Å². The minimum absolute atomic E-state index is 0.0323. The van der Waals surface area contributed by atoms with Gasteiger partial charge in [0, 0.05) is 24.9 Å². The highest BCUT2D eigenvalue weighted by Gasteiger charge is 2.74. The molecule has 2 bridgehead atoms. The van der Waals surface area contributed by atoms with Crippen LogP contribution in [0.1, 0.15) is 52.9 Å². The first-order valence-electron chi connectivity index (χ1n) is 12.8. The number of carbonyl (C=O) groups excluding carboxylic acids is 3. The Morgan fingerprint density at radius 2 is 2.00 bits per heavy atom. The van der Waals surface area contributed by atoms with Crippen molar-refractivity contribution < 1.29 is 29.0 Å². The number of ether oxygens (including phenoxy) is 2. The van der Waals surface area contributed by atoms with Crippen molar-refractivity contribution in [1.82, 2.24) is 10.2 Å². The Morgan fingerprint density at radius 3 is 2.66 bits per heavy atom. The number of nitrogens with zero attached hydrogens (tertiary/aromatic N) is 1. The van der Waals surface area contributed by atoms with Gasteiger partial charge in [-0.1, -0.05) is 13.3 Å². The van der Waals surface area contributed by atoms with Crippen LogP contribution in [0, 0.1) is 11.8 Å². The Balaban J connectivity index is 1.58. The van der Waals surface area contributed by atoms with Gasteiger partial charge in [-0.2, -0.15) is 0 Å². The monoisotopic (exact) mass is 487 g/mol. The van der Waals surface area contributed by atoms with Gasteiger partial charge >= 0.3 is 0 Å². The lowest BCUT2D eigenvalue weighted by molar-refractivity contribution is -0.141. The molecule has 35 heavy (non-hydrogen) atoms. The van der Waals surface area contributed by atoms with E-state index in [1.54, 1.807) is 24.3 Å². The molecule has 3 N–H and O–H groups in total. The number of anilines is 1. The lowest BCUT2D eigenvalue weighted by Crippen LogP contribution is -2.56. The molecule has 9 nitrogen and oxygen atoms in total. The molecule has 4 rings (SSSR count). The zero-order valence-electron chi connectivity index (χ0n) is 20.8. The molecular weight excluding hydrogens is 450 g/mol. The maximum Gasteiger partial charge on any atom is 0.246 e. The molecule has 3 aliphatic heterocycles. The van der Waals surface area contributed by atoms with Crippen molar-refractivity contribution in [3.8, 4) is 5.75 Å². The smallest absolute Gasteiger partial charge is 0.246 e. The number of fused-ring (bicyclic) bond motifs is 1. The van der Waals surface area contributed by atoms with Crippen LogP contribution in [0.4, 0.5) is 5.69 Å². The number of hydrogen-bond acceptors (Lipinski definition) is 6. The summed E-state index contributed by atoms with van der Waals surface area (Å²) in [6, 6.07) is 6.26. The largest absolute Gasteiger partial charge is 0.494 e. The Morgan fingerprint density at radius 1 is 1.26 bits per heavy atom. The second-order valence-electron chi connectivity index (χ2n) is 9.81. The third kappa shape index (κ3) is 4.63. The number of benzene rings is 1. The lowest BCUT2D eigenvalue weighted by atomic mass is 9.70. The predicted octanol–water partition coefficient (Wildman–Crippen LogP) is 2.09. The van der Waals surface area contributed by atoms with Gasteiger partial charge in [0.25, 0.3) is 0 Å². The summed E-state index contributed by atoms with van der Waals surface area (Å²) in [4.78, 5) is 42.1. The summed E-state index contributed by atoms with van der Waals surface area (Å²) in [5.41, 5.74) is -0.408. The number of aliphatic hydroxyl groups is 1. The summed E-state index contributed by atoms with van der Waals surface area (Å²) in [7, 11) is 0. The van der Waals surface area contributed by atoms with Gasteiger partial charge < -0.3 is 30.1 Å². The average molecular weight is 488 g/mol. The molecule has 1 aromatic rings. The minimum atomic E-state index is -1.02. The van der Waals surface area contributed by atoms with Crippen LogP contribution in [0.2, 0.25) is 0 Å². The van der Waals surface area contributed by atoms with E-state index in [-0.39, 0.29) is 36.9 Å². The van der Waals surface area contributed by atoms with Crippen molar-refractivity contribution in [2.24, 2.45) is 11.8 Å². The molecule has 6 atom stereocenters. The van der Waals surface area contributed by atoms with Crippen molar-refractivity contribution in [3.05, 3.63) is 24.3 Å². The fourth-order valence-electron chi connectivity index (χ4n) is 6.09. The van der Waals surface area contributed by atoms with Crippen LogP contribution in [0.15, 0.2) is 24.3 Å². The quantitative estimate of drug-likeness (QED) is 0.440. The first kappa shape index (κ1) is 25.4. The van der Waals surface area contributed by atoms with Crippen molar-refractivity contribution in [3.63, 3.8) is 0 Å². The molecule has 0 radical (unpaired) electrons. The second-order valence-corrected chi connectivity index (χ2v) is 9.81. The first-order valence-corrected chi connectivity index (χ1v) is 12.8. The Labute approximate surface area is 206 Å². The number of hydrogen-bond donors (Lipinski definition) is 3. The van der Waals surface area contributed by atoms with Crippen molar-refractivity contribution in [2.45, 2.75) is 76.7 Å². The highest BCUT2D eigenvalue weighted by Crippen LogP contribution is 2.58. The van der Waals surface area contributed by atoms with Crippen molar-refractivity contribution in [2.75, 3.05) is 25.1 Å². The van der Waals surface area contributed by atoms with Crippen molar-refractivity contribution in [1.29, 1.82) is 0 Å². The topological polar surface area (TPSA) is 117 Å². The van der Waals surface area contributed by atoms with Crippen LogP contribution < -0.4 is 15.4 Å². The minimum Gasteiger partial charge on any atom is -0.494 e. The summed E-state index contributed by atoms with van der Waals surface area (Å²) in [5, 5.41) is 15.4. The Hall–Kier alpha value is -2.65. The highest BCUT2D eigenvalue weighted by atomic mass is 16.5. The summed E-state index contributed by atoms with van der Waals surface area (Å²) in [6.07, 6.45) is 2.88. The lowest BCUT2D eigenvalue weighted by Gasteiger charge is -2.34. The van der Waals surface area contributed by atoms with E-state index in [0.717, 1.165) is 12.8 Å². The number of nitrogens with one attached hydrogen (secondary N) is 2. The summed E-state index contributed by atoms with van der Waals surface area (Å²) < 4.78 is 11.9. The number of amides is 3. The van der Waals surface area contributed by atoms with E-state index in [0.29, 0.717) is 37.3 Å². The molecule has 3 amide bonds. The SMILES string of the molecule is CCCC(C)NC(=O)C1N(CCCO)C(=O)[C@@H]2[C@@H](C(=O)Nc3ccc(OCC)cc3)[C@H]3CCC12O3. The normalized spacial score (nSPS) is 29.7. The summed E-state index contributed by atoms with van der Waals surface area (Å²) in [6.45, 7) is 6.62. The van der Waals surface area contributed by atoms with Crippen LogP contribution in [0.25, 0.3) is 0 Å². The van der Waals surface area contributed by atoms with Gasteiger partial charge in [0.1, 0.15) is 17.4 Å². The fraction of sp³-hybridized carbons (Fsp3) is 0.654. The van der Waals surface area contributed by atoms with Gasteiger partial charge in [0.2, 0.25) is 17.7 Å². The van der Waals surface area contributed by atoms with E-state index in [1.807, 2.05) is 13.8 Å². The van der Waals surface area contributed by atoms with Crippen LogP contribution in [0.3, 0.4) is 0 Å². The van der Waals surface area contributed by atoms with Crippen LogP contribution in [-0.2, 0) is 19.1 Å². The maximum atomic E-state index is 13.7. The standard InChI is InChI=1S/C26H37N3O6/c1-4-7-16(3)27-24(32)22-26-13-12-19(35-26)20(21(26)25(33)29(22)14-6-15-30)23(31)28-17-8-10-18(11-9-17)34-5-2/h8-11,16,19-22,30H,4-7,12-15H2,1-3H3,(H,27,32)(H,28,31)/t16?,19-,20+,21+,22?,26?/m1/s1. The van der Waals surface area contributed by atoms with E-state index in [2.05, 4.69) is 17.6 Å². The zero-order chi connectivity index (χ0) is 25.2. The molecule has 3 unspecified atom stereocenters. The van der Waals surface area contributed by atoms with E-state index in [4.69, 9.17) is 9.47 Å². The van der Waals surface area contributed by atoms with E-state index in [1.165, 1.54) is 4.90 Å². The molecule has 0 aromatic heterocycles. The van der Waals surface area contributed by atoms with E-state index in [9.17, 15) is 19.5 Å². The molecule has 0 aliphatic carbocycles. The third-order valence-electron chi connectivity index (χ3n) is 7.45. The molecule has 192 valence electrons. The summed E-state index contributed by atoms with van der Waals surface area (Å²) in [5.74, 6) is -1.44. The Bertz CT molecular complexity index is 938. The van der Waals surface area contributed by atoms with Gasteiger partial charge in [0.05, 0.1) is 24.5 Å². The number of aliphatic hydroxyl groups excluding tert-OH is 1. The molecule has 1 aromatic carbocycles. The van der Waals surface area contributed by atoms with Gasteiger partial charge in [0.15, 0.2) is 0 Å². The third-order valence-corrected chi connectivity index (χ3v) is 7.45.